The normalized spacial score (nSPS) is 12.6. The van der Waals surface area contributed by atoms with Crippen molar-refractivity contribution in [2.24, 2.45) is 0 Å². The summed E-state index contributed by atoms with van der Waals surface area (Å²) in [6, 6.07) is 8.23. The molecule has 2 atom stereocenters. The van der Waals surface area contributed by atoms with Crippen molar-refractivity contribution in [1.82, 2.24) is 15.6 Å². The van der Waals surface area contributed by atoms with Crippen LogP contribution in [0.25, 0.3) is 0 Å². The third kappa shape index (κ3) is 21.9. The smallest absolute Gasteiger partial charge is 0.328 e. The number of carbonyl (C=O) groups excluding carboxylic acids is 4. The number of unbranched alkanes of at least 4 members (excludes halogenated alkanes) is 8. The van der Waals surface area contributed by atoms with Crippen molar-refractivity contribution in [1.29, 1.82) is 0 Å². The van der Waals surface area contributed by atoms with E-state index in [4.69, 9.17) is 29.2 Å². The third-order valence-corrected chi connectivity index (χ3v) is 10.1. The maximum absolute atomic E-state index is 12.8. The number of aromatic nitrogens is 1. The molecule has 2 amide bonds. The molecule has 0 aliphatic rings. The lowest BCUT2D eigenvalue weighted by atomic mass is 10.1. The summed E-state index contributed by atoms with van der Waals surface area (Å²) in [5.74, 6) is -1.19. The highest BCUT2D eigenvalue weighted by molar-refractivity contribution is 7.52. The summed E-state index contributed by atoms with van der Waals surface area (Å²) in [5, 5.41) is 5.54. The molecule has 0 spiro atoms. The van der Waals surface area contributed by atoms with E-state index in [1.807, 2.05) is 0 Å². The van der Waals surface area contributed by atoms with Gasteiger partial charge >= 0.3 is 19.5 Å². The summed E-state index contributed by atoms with van der Waals surface area (Å²) in [6.07, 6.45) is 10.4. The molecule has 1 aromatic carbocycles. The van der Waals surface area contributed by atoms with Crippen molar-refractivity contribution in [2.75, 3.05) is 52.0 Å². The molecule has 0 aliphatic carbocycles. The predicted molar refractivity (Wildman–Crippen MR) is 213 cm³/mol. The van der Waals surface area contributed by atoms with Gasteiger partial charge in [-0.05, 0) is 37.0 Å². The highest BCUT2D eigenvalue weighted by Crippen LogP contribution is 2.42. The Morgan fingerprint density at radius 3 is 2.16 bits per heavy atom. The van der Waals surface area contributed by atoms with Crippen LogP contribution >= 0.6 is 7.60 Å². The lowest BCUT2D eigenvalue weighted by Gasteiger charge is -2.20. The van der Waals surface area contributed by atoms with Gasteiger partial charge in [-0.3, -0.25) is 23.7 Å². The Labute approximate surface area is 331 Å². The number of nitrogen functional groups attached to an aromatic ring is 1. The van der Waals surface area contributed by atoms with E-state index in [-0.39, 0.29) is 63.4 Å². The van der Waals surface area contributed by atoms with Gasteiger partial charge in [0.25, 0.3) is 5.91 Å². The first-order valence-electron chi connectivity index (χ1n) is 19.8. The van der Waals surface area contributed by atoms with Gasteiger partial charge < -0.3 is 44.7 Å². The fraction of sp³-hybridized carbons (Fsp3) is 0.625. The molecule has 1 aromatic heterocycles. The Bertz CT molecular complexity index is 1510. The minimum absolute atomic E-state index is 0.0332. The van der Waals surface area contributed by atoms with Crippen molar-refractivity contribution >= 4 is 37.0 Å². The molecule has 2 unspecified atom stereocenters. The molecule has 0 radical (unpaired) electrons. The van der Waals surface area contributed by atoms with Crippen LogP contribution in [0.4, 0.5) is 5.69 Å². The molecule has 5 N–H and O–H groups in total. The first kappa shape index (κ1) is 48.1. The zero-order chi connectivity index (χ0) is 41.0. The molecule has 2 rings (SSSR count). The Hall–Kier alpha value is -4.04. The van der Waals surface area contributed by atoms with Crippen molar-refractivity contribution < 1.29 is 52.1 Å². The molecule has 0 bridgehead atoms. The topological polar surface area (TPSA) is 215 Å². The number of rotatable bonds is 31. The van der Waals surface area contributed by atoms with E-state index < -0.39 is 32.2 Å². The van der Waals surface area contributed by atoms with Crippen LogP contribution < -0.4 is 21.1 Å². The number of carbonyl (C=O) groups is 4. The summed E-state index contributed by atoms with van der Waals surface area (Å²) < 4.78 is 39.3. The van der Waals surface area contributed by atoms with Gasteiger partial charge in [0.05, 0.1) is 25.8 Å². The van der Waals surface area contributed by atoms with Crippen LogP contribution in [0.1, 0.15) is 119 Å². The van der Waals surface area contributed by atoms with E-state index >= 15 is 0 Å². The van der Waals surface area contributed by atoms with Crippen LogP contribution in [0.5, 0.6) is 5.88 Å². The Kier molecular flexibility index (Phi) is 24.4. The third-order valence-electron chi connectivity index (χ3n) is 8.65. The molecule has 15 nitrogen and oxygen atoms in total. The summed E-state index contributed by atoms with van der Waals surface area (Å²) in [4.78, 5) is 64.6. The number of hydrogen-bond donors (Lipinski definition) is 4. The number of benzene rings is 1. The van der Waals surface area contributed by atoms with E-state index in [0.29, 0.717) is 48.7 Å². The van der Waals surface area contributed by atoms with Gasteiger partial charge in [-0.25, -0.2) is 4.98 Å². The predicted octanol–water partition coefficient (Wildman–Crippen LogP) is 6.05. The molecular formula is C40H63N4O11P. The summed E-state index contributed by atoms with van der Waals surface area (Å²) in [6.45, 7) is 4.61. The maximum Gasteiger partial charge on any atom is 0.328 e. The first-order valence-corrected chi connectivity index (χ1v) is 21.5. The Morgan fingerprint density at radius 1 is 0.857 bits per heavy atom. The van der Waals surface area contributed by atoms with Gasteiger partial charge in [0, 0.05) is 62.1 Å². The zero-order valence-electron chi connectivity index (χ0n) is 33.4. The van der Waals surface area contributed by atoms with E-state index in [1.165, 1.54) is 6.20 Å². The average molecular weight is 807 g/mol. The lowest BCUT2D eigenvalue weighted by Crippen LogP contribution is -2.29. The number of nitrogens with two attached hydrogens (primary N) is 1. The van der Waals surface area contributed by atoms with Crippen LogP contribution in [0.15, 0.2) is 36.5 Å². The van der Waals surface area contributed by atoms with Gasteiger partial charge in [0.2, 0.25) is 11.8 Å². The standard InChI is InChI=1S/C40H63N4O11P/c1-4-6-8-10-12-15-38(46)53-29-34(55-39(47)16-13-11-9-7-5-2)30-54-56(49,50)24-14-21-42-40(48)32-19-17-31(18-20-32)27-43-36(45)25-33-28-44-37(26-35(33)41)52-23-22-51-3/h17-20,26,28,34H,4-16,21-25,27,29-30H2,1-3H3,(H2,41,44)(H,42,48)(H,43,45)(H,49,50). The quantitative estimate of drug-likeness (QED) is 0.0389. The number of pyridine rings is 1. The molecule has 16 heteroatoms. The molecule has 0 saturated carbocycles. The Balaban J connectivity index is 1.76. The van der Waals surface area contributed by atoms with Gasteiger partial charge in [0.1, 0.15) is 13.2 Å². The van der Waals surface area contributed by atoms with Gasteiger partial charge in [-0.2, -0.15) is 0 Å². The van der Waals surface area contributed by atoms with E-state index in [2.05, 4.69) is 29.5 Å². The second kappa shape index (κ2) is 28.4. The Morgan fingerprint density at radius 2 is 1.52 bits per heavy atom. The second-order valence-corrected chi connectivity index (χ2v) is 15.6. The van der Waals surface area contributed by atoms with Crippen LogP contribution in [0.3, 0.4) is 0 Å². The summed E-state index contributed by atoms with van der Waals surface area (Å²) in [5.41, 5.74) is 8.16. The second-order valence-electron chi connectivity index (χ2n) is 13.6. The summed E-state index contributed by atoms with van der Waals surface area (Å²) in [7, 11) is -2.56. The number of hydrogen-bond acceptors (Lipinski definition) is 12. The molecule has 314 valence electrons. The summed E-state index contributed by atoms with van der Waals surface area (Å²) >= 11 is 0. The van der Waals surface area contributed by atoms with Crippen LogP contribution in [0, 0.1) is 0 Å². The van der Waals surface area contributed by atoms with Gasteiger partial charge in [0.15, 0.2) is 6.10 Å². The van der Waals surface area contributed by atoms with Crippen molar-refractivity contribution in [3.8, 4) is 5.88 Å². The van der Waals surface area contributed by atoms with E-state index in [9.17, 15) is 28.6 Å². The SMILES string of the molecule is CCCCCCCC(=O)OCC(COP(=O)(O)CCCNC(=O)c1ccc(CNC(=O)Cc2cnc(OCCOC)cc2N)cc1)OC(=O)CCCCCCC. The fourth-order valence-electron chi connectivity index (χ4n) is 5.36. The molecule has 2 aromatic rings. The number of anilines is 1. The lowest BCUT2D eigenvalue weighted by molar-refractivity contribution is -0.161. The number of amides is 2. The van der Waals surface area contributed by atoms with Crippen LogP contribution in [-0.4, -0.2) is 86.0 Å². The highest BCUT2D eigenvalue weighted by atomic mass is 31.2. The fourth-order valence-corrected chi connectivity index (χ4v) is 6.44. The maximum atomic E-state index is 12.8. The zero-order valence-corrected chi connectivity index (χ0v) is 34.3. The minimum Gasteiger partial charge on any atom is -0.475 e. The number of ether oxygens (including phenoxy) is 4. The first-order chi connectivity index (χ1) is 27.0. The van der Waals surface area contributed by atoms with Crippen molar-refractivity contribution in [3.63, 3.8) is 0 Å². The number of methoxy groups -OCH3 is 1. The van der Waals surface area contributed by atoms with Gasteiger partial charge in [-0.1, -0.05) is 77.3 Å². The monoisotopic (exact) mass is 806 g/mol. The van der Waals surface area contributed by atoms with Gasteiger partial charge in [-0.15, -0.1) is 0 Å². The molecule has 1 heterocycles. The minimum atomic E-state index is -4.12. The molecular weight excluding hydrogens is 743 g/mol. The van der Waals surface area contributed by atoms with E-state index in [1.54, 1.807) is 37.4 Å². The van der Waals surface area contributed by atoms with Crippen LogP contribution in [0.2, 0.25) is 0 Å². The largest absolute Gasteiger partial charge is 0.475 e. The van der Waals surface area contributed by atoms with Crippen LogP contribution in [-0.2, 0) is 50.6 Å². The van der Waals surface area contributed by atoms with Crippen molar-refractivity contribution in [2.45, 2.75) is 116 Å². The molecule has 56 heavy (non-hydrogen) atoms. The molecule has 0 fully saturated rings. The number of nitrogens with one attached hydrogen (secondary N) is 2. The number of nitrogens with zero attached hydrogens (tertiary/aromatic N) is 1. The highest BCUT2D eigenvalue weighted by Gasteiger charge is 2.25. The number of esters is 2. The molecule has 0 saturated heterocycles. The average Bonchev–Trinajstić information content (AvgIpc) is 3.18. The van der Waals surface area contributed by atoms with Crippen molar-refractivity contribution in [3.05, 3.63) is 53.2 Å². The van der Waals surface area contributed by atoms with E-state index in [0.717, 1.165) is 56.9 Å². The molecule has 0 aliphatic heterocycles.